The topological polar surface area (TPSA) is 45.7 Å². The zero-order valence-corrected chi connectivity index (χ0v) is 18.6. The van der Waals surface area contributed by atoms with Gasteiger partial charge in [0.2, 0.25) is 0 Å². The van der Waals surface area contributed by atoms with Crippen molar-refractivity contribution < 1.29 is 9.53 Å². The lowest BCUT2D eigenvalue weighted by atomic mass is 9.97. The van der Waals surface area contributed by atoms with Crippen LogP contribution in [0.15, 0.2) is 60.9 Å². The highest BCUT2D eigenvalue weighted by Gasteiger charge is 2.26. The normalized spacial score (nSPS) is 19.9. The minimum absolute atomic E-state index is 0.137. The van der Waals surface area contributed by atoms with Crippen LogP contribution < -0.4 is 0 Å². The summed E-state index contributed by atoms with van der Waals surface area (Å²) in [6.45, 7) is 5.77. The lowest BCUT2D eigenvalue weighted by Gasteiger charge is -2.25. The van der Waals surface area contributed by atoms with E-state index in [-0.39, 0.29) is 11.8 Å². The number of amides is 1. The van der Waals surface area contributed by atoms with Gasteiger partial charge in [0.05, 0.1) is 13.2 Å². The molecule has 3 heterocycles. The van der Waals surface area contributed by atoms with Gasteiger partial charge in [-0.1, -0.05) is 30.3 Å². The van der Waals surface area contributed by atoms with Crippen LogP contribution in [0, 0.1) is 5.92 Å². The Morgan fingerprint density at radius 1 is 1.03 bits per heavy atom. The van der Waals surface area contributed by atoms with Crippen LogP contribution in [-0.4, -0.2) is 60.1 Å². The van der Waals surface area contributed by atoms with Gasteiger partial charge in [-0.25, -0.2) is 0 Å². The summed E-state index contributed by atoms with van der Waals surface area (Å²) in [5.41, 5.74) is 3.25. The number of ether oxygens (including phenoxy) is 1. The number of likely N-dealkylation sites (tertiary alicyclic amines) is 1. The summed E-state index contributed by atoms with van der Waals surface area (Å²) >= 11 is 0. The van der Waals surface area contributed by atoms with Gasteiger partial charge in [-0.3, -0.25) is 14.7 Å². The summed E-state index contributed by atoms with van der Waals surface area (Å²) in [4.78, 5) is 22.3. The van der Waals surface area contributed by atoms with Gasteiger partial charge < -0.3 is 9.64 Å². The van der Waals surface area contributed by atoms with Crippen molar-refractivity contribution in [2.75, 3.05) is 39.4 Å². The standard InChI is InChI=1S/C27H31N3O2/c31-27(26-6-2-1-5-24(26)19-29-11-3-4-12-29)30-13-14-32-20-22(18-30)15-21-7-8-23-9-10-28-17-25(23)16-21/h1-2,5-10,16-17,22H,3-4,11-15,18-20H2/t22-/m1/s1. The fourth-order valence-corrected chi connectivity index (χ4v) is 5.00. The first-order valence-electron chi connectivity index (χ1n) is 11.8. The third-order valence-electron chi connectivity index (χ3n) is 6.69. The Balaban J connectivity index is 1.31. The van der Waals surface area contributed by atoms with Crippen LogP contribution in [0.4, 0.5) is 0 Å². The number of fused-ring (bicyclic) bond motifs is 1. The van der Waals surface area contributed by atoms with Crippen LogP contribution in [0.25, 0.3) is 10.8 Å². The van der Waals surface area contributed by atoms with E-state index in [0.29, 0.717) is 19.8 Å². The predicted octanol–water partition coefficient (Wildman–Crippen LogP) is 4.16. The molecule has 166 valence electrons. The monoisotopic (exact) mass is 429 g/mol. The average molecular weight is 430 g/mol. The van der Waals surface area contributed by atoms with E-state index in [1.54, 1.807) is 0 Å². The number of benzene rings is 2. The number of hydrogen-bond acceptors (Lipinski definition) is 4. The highest BCUT2D eigenvalue weighted by molar-refractivity contribution is 5.95. The summed E-state index contributed by atoms with van der Waals surface area (Å²) in [6.07, 6.45) is 7.14. The lowest BCUT2D eigenvalue weighted by molar-refractivity contribution is 0.0735. The molecule has 0 spiro atoms. The maximum Gasteiger partial charge on any atom is 0.254 e. The van der Waals surface area contributed by atoms with Crippen molar-refractivity contribution >= 4 is 16.7 Å². The summed E-state index contributed by atoms with van der Waals surface area (Å²) in [5.74, 6) is 0.416. The molecule has 5 heteroatoms. The Bertz CT molecular complexity index is 1080. The lowest BCUT2D eigenvalue weighted by Crippen LogP contribution is -2.37. The van der Waals surface area contributed by atoms with Gasteiger partial charge in [-0.15, -0.1) is 0 Å². The number of carbonyl (C=O) groups excluding carboxylic acids is 1. The molecule has 32 heavy (non-hydrogen) atoms. The molecule has 5 rings (SSSR count). The first-order chi connectivity index (χ1) is 15.8. The molecular weight excluding hydrogens is 398 g/mol. The summed E-state index contributed by atoms with van der Waals surface area (Å²) in [5, 5.41) is 2.36. The molecule has 0 N–H and O–H groups in total. The molecule has 1 amide bonds. The van der Waals surface area contributed by atoms with E-state index in [1.165, 1.54) is 23.8 Å². The second kappa shape index (κ2) is 9.80. The Kier molecular flexibility index (Phi) is 6.46. The van der Waals surface area contributed by atoms with E-state index < -0.39 is 0 Å². The molecule has 3 aromatic rings. The van der Waals surface area contributed by atoms with Gasteiger partial charge >= 0.3 is 0 Å². The summed E-state index contributed by atoms with van der Waals surface area (Å²) < 4.78 is 5.91. The van der Waals surface area contributed by atoms with Crippen LogP contribution in [-0.2, 0) is 17.7 Å². The third-order valence-corrected chi connectivity index (χ3v) is 6.69. The number of hydrogen-bond donors (Lipinski definition) is 0. The second-order valence-corrected chi connectivity index (χ2v) is 9.09. The molecule has 2 aliphatic rings. The van der Waals surface area contributed by atoms with Gasteiger partial charge in [-0.05, 0) is 67.1 Å². The molecule has 0 unspecified atom stereocenters. The number of nitrogens with zero attached hydrogens (tertiary/aromatic N) is 3. The van der Waals surface area contributed by atoms with E-state index >= 15 is 0 Å². The van der Waals surface area contributed by atoms with E-state index in [0.717, 1.165) is 49.1 Å². The molecule has 2 fully saturated rings. The van der Waals surface area contributed by atoms with Crippen molar-refractivity contribution in [2.45, 2.75) is 25.8 Å². The molecule has 5 nitrogen and oxygen atoms in total. The maximum absolute atomic E-state index is 13.6. The Labute approximate surface area is 190 Å². The van der Waals surface area contributed by atoms with Gasteiger partial charge in [0.15, 0.2) is 0 Å². The molecule has 0 radical (unpaired) electrons. The van der Waals surface area contributed by atoms with Crippen LogP contribution in [0.1, 0.15) is 34.3 Å². The zero-order chi connectivity index (χ0) is 21.8. The molecule has 2 saturated heterocycles. The minimum atomic E-state index is 0.137. The molecule has 0 saturated carbocycles. The largest absolute Gasteiger partial charge is 0.379 e. The van der Waals surface area contributed by atoms with E-state index in [1.807, 2.05) is 41.6 Å². The summed E-state index contributed by atoms with van der Waals surface area (Å²) in [7, 11) is 0. The first-order valence-corrected chi connectivity index (χ1v) is 11.8. The van der Waals surface area contributed by atoms with Gasteiger partial charge in [0.1, 0.15) is 0 Å². The quantitative estimate of drug-likeness (QED) is 0.611. The average Bonchev–Trinajstić information content (AvgIpc) is 3.23. The Hall–Kier alpha value is -2.76. The number of aromatic nitrogens is 1. The first kappa shape index (κ1) is 21.1. The van der Waals surface area contributed by atoms with Crippen molar-refractivity contribution in [3.05, 3.63) is 77.6 Å². The van der Waals surface area contributed by atoms with E-state index in [9.17, 15) is 4.79 Å². The predicted molar refractivity (Wildman–Crippen MR) is 127 cm³/mol. The van der Waals surface area contributed by atoms with Gasteiger partial charge in [0.25, 0.3) is 5.91 Å². The van der Waals surface area contributed by atoms with Crippen LogP contribution in [0.2, 0.25) is 0 Å². The zero-order valence-electron chi connectivity index (χ0n) is 18.6. The second-order valence-electron chi connectivity index (χ2n) is 9.09. The fraction of sp³-hybridized carbons (Fsp3) is 0.407. The molecule has 1 atom stereocenters. The van der Waals surface area contributed by atoms with Gasteiger partial charge in [0, 0.05) is 48.9 Å². The number of rotatable bonds is 5. The summed E-state index contributed by atoms with van der Waals surface area (Å²) in [6, 6.07) is 16.7. The third kappa shape index (κ3) is 4.84. The molecule has 0 aliphatic carbocycles. The molecule has 1 aromatic heterocycles. The molecule has 2 aromatic carbocycles. The van der Waals surface area contributed by atoms with Crippen LogP contribution in [0.3, 0.4) is 0 Å². The van der Waals surface area contributed by atoms with Crippen molar-refractivity contribution in [3.8, 4) is 0 Å². The maximum atomic E-state index is 13.6. The van der Waals surface area contributed by atoms with Gasteiger partial charge in [-0.2, -0.15) is 0 Å². The molecule has 0 bridgehead atoms. The Morgan fingerprint density at radius 2 is 1.91 bits per heavy atom. The van der Waals surface area contributed by atoms with E-state index in [2.05, 4.69) is 34.1 Å². The molecular formula is C27H31N3O2. The van der Waals surface area contributed by atoms with Crippen molar-refractivity contribution in [3.63, 3.8) is 0 Å². The highest BCUT2D eigenvalue weighted by atomic mass is 16.5. The van der Waals surface area contributed by atoms with Crippen LogP contribution >= 0.6 is 0 Å². The van der Waals surface area contributed by atoms with Crippen molar-refractivity contribution in [2.24, 2.45) is 5.92 Å². The Morgan fingerprint density at radius 3 is 2.81 bits per heavy atom. The number of pyridine rings is 1. The van der Waals surface area contributed by atoms with Crippen LogP contribution in [0.5, 0.6) is 0 Å². The molecule has 2 aliphatic heterocycles. The SMILES string of the molecule is O=C(c1ccccc1CN1CCCC1)N1CCOC[C@H](Cc2ccc3ccncc3c2)C1. The minimum Gasteiger partial charge on any atom is -0.379 e. The fourth-order valence-electron chi connectivity index (χ4n) is 5.00. The highest BCUT2D eigenvalue weighted by Crippen LogP contribution is 2.22. The smallest absolute Gasteiger partial charge is 0.254 e. The number of carbonyl (C=O) groups is 1. The van der Waals surface area contributed by atoms with Crippen molar-refractivity contribution in [1.82, 2.24) is 14.8 Å². The van der Waals surface area contributed by atoms with Crippen molar-refractivity contribution in [1.29, 1.82) is 0 Å². The van der Waals surface area contributed by atoms with E-state index in [4.69, 9.17) is 4.74 Å².